The third-order valence-electron chi connectivity index (χ3n) is 6.31. The quantitative estimate of drug-likeness (QED) is 0.711. The Labute approximate surface area is 176 Å². The van der Waals surface area contributed by atoms with Crippen LogP contribution in [0.5, 0.6) is 0 Å². The first kappa shape index (κ1) is 20.5. The maximum Gasteiger partial charge on any atom is 0.251 e. The highest BCUT2D eigenvalue weighted by Gasteiger charge is 2.51. The van der Waals surface area contributed by atoms with Gasteiger partial charge in [0.15, 0.2) is 0 Å². The summed E-state index contributed by atoms with van der Waals surface area (Å²) in [6, 6.07) is 9.56. The SMILES string of the molecule is CN1C(=O)C2(CCN(Cc3cccnc3)CC2)c2cc(C(=O)NCCCO)ccc21. The van der Waals surface area contributed by atoms with Gasteiger partial charge in [0.2, 0.25) is 5.91 Å². The predicted octanol–water partition coefficient (Wildman–Crippen LogP) is 1.70. The maximum atomic E-state index is 13.3. The number of likely N-dealkylation sites (N-methyl/N-ethyl adjacent to an activating group) is 1. The van der Waals surface area contributed by atoms with Crippen molar-refractivity contribution in [2.24, 2.45) is 0 Å². The number of aromatic nitrogens is 1. The molecule has 0 radical (unpaired) electrons. The number of rotatable bonds is 6. The van der Waals surface area contributed by atoms with Crippen molar-refractivity contribution in [3.63, 3.8) is 0 Å². The Morgan fingerprint density at radius 3 is 2.77 bits per heavy atom. The zero-order valence-electron chi connectivity index (χ0n) is 17.3. The molecular weight excluding hydrogens is 380 g/mol. The van der Waals surface area contributed by atoms with Gasteiger partial charge in [0, 0.05) is 50.4 Å². The van der Waals surface area contributed by atoms with Crippen LogP contribution in [0.15, 0.2) is 42.7 Å². The summed E-state index contributed by atoms with van der Waals surface area (Å²) >= 11 is 0. The first-order valence-corrected chi connectivity index (χ1v) is 10.5. The number of likely N-dealkylation sites (tertiary alicyclic amines) is 1. The van der Waals surface area contributed by atoms with Crippen LogP contribution in [0, 0.1) is 0 Å². The molecule has 1 aromatic carbocycles. The predicted molar refractivity (Wildman–Crippen MR) is 114 cm³/mol. The smallest absolute Gasteiger partial charge is 0.251 e. The van der Waals surface area contributed by atoms with Gasteiger partial charge >= 0.3 is 0 Å². The van der Waals surface area contributed by atoms with E-state index >= 15 is 0 Å². The van der Waals surface area contributed by atoms with Gasteiger partial charge in [0.1, 0.15) is 0 Å². The molecule has 0 aliphatic carbocycles. The standard InChI is InChI=1S/C23H28N4O3/c1-26-20-6-5-18(21(29)25-10-3-13-28)14-19(20)23(22(26)30)7-11-27(12-8-23)16-17-4-2-9-24-15-17/h2,4-6,9,14-15,28H,3,7-8,10-13,16H2,1H3,(H,25,29). The van der Waals surface area contributed by atoms with Gasteiger partial charge in [-0.3, -0.25) is 19.5 Å². The van der Waals surface area contributed by atoms with Crippen molar-refractivity contribution in [1.29, 1.82) is 0 Å². The molecule has 30 heavy (non-hydrogen) atoms. The van der Waals surface area contributed by atoms with E-state index in [9.17, 15) is 9.59 Å². The summed E-state index contributed by atoms with van der Waals surface area (Å²) in [6.45, 7) is 2.94. The van der Waals surface area contributed by atoms with Crippen LogP contribution in [0.2, 0.25) is 0 Å². The molecule has 2 amide bonds. The second-order valence-corrected chi connectivity index (χ2v) is 8.15. The summed E-state index contributed by atoms with van der Waals surface area (Å²) in [7, 11) is 1.82. The van der Waals surface area contributed by atoms with Crippen molar-refractivity contribution >= 4 is 17.5 Å². The number of fused-ring (bicyclic) bond motifs is 2. The Balaban J connectivity index is 1.53. The minimum absolute atomic E-state index is 0.0441. The number of benzene rings is 1. The van der Waals surface area contributed by atoms with E-state index in [-0.39, 0.29) is 18.4 Å². The number of nitrogens with one attached hydrogen (secondary N) is 1. The Bertz CT molecular complexity index is 923. The van der Waals surface area contributed by atoms with Gasteiger partial charge in [0.25, 0.3) is 5.91 Å². The van der Waals surface area contributed by atoms with Crippen LogP contribution in [0.1, 0.15) is 40.7 Å². The summed E-state index contributed by atoms with van der Waals surface area (Å²) in [4.78, 5) is 34.1. The minimum Gasteiger partial charge on any atom is -0.396 e. The first-order valence-electron chi connectivity index (χ1n) is 10.5. The lowest BCUT2D eigenvalue weighted by atomic mass is 9.73. The highest BCUT2D eigenvalue weighted by atomic mass is 16.3. The molecule has 1 saturated heterocycles. The highest BCUT2D eigenvalue weighted by Crippen LogP contribution is 2.47. The van der Waals surface area contributed by atoms with Gasteiger partial charge in [-0.25, -0.2) is 0 Å². The highest BCUT2D eigenvalue weighted by molar-refractivity contribution is 6.09. The third kappa shape index (κ3) is 3.70. The number of pyridine rings is 1. The van der Waals surface area contributed by atoms with Crippen molar-refractivity contribution in [3.8, 4) is 0 Å². The molecule has 3 heterocycles. The number of aliphatic hydroxyl groups is 1. The average molecular weight is 409 g/mol. The van der Waals surface area contributed by atoms with E-state index in [4.69, 9.17) is 5.11 Å². The van der Waals surface area contributed by atoms with Gasteiger partial charge < -0.3 is 15.3 Å². The van der Waals surface area contributed by atoms with Crippen LogP contribution in [-0.4, -0.2) is 60.1 Å². The van der Waals surface area contributed by atoms with E-state index in [2.05, 4.69) is 21.3 Å². The number of aliphatic hydroxyl groups excluding tert-OH is 1. The lowest BCUT2D eigenvalue weighted by molar-refractivity contribution is -0.124. The van der Waals surface area contributed by atoms with Gasteiger partial charge in [-0.15, -0.1) is 0 Å². The van der Waals surface area contributed by atoms with Crippen molar-refractivity contribution in [2.75, 3.05) is 38.2 Å². The Hall–Kier alpha value is -2.77. The molecule has 2 aliphatic rings. The van der Waals surface area contributed by atoms with E-state index in [1.807, 2.05) is 31.4 Å². The Morgan fingerprint density at radius 2 is 2.07 bits per heavy atom. The third-order valence-corrected chi connectivity index (χ3v) is 6.31. The van der Waals surface area contributed by atoms with Crippen molar-refractivity contribution in [1.82, 2.24) is 15.2 Å². The van der Waals surface area contributed by atoms with Gasteiger partial charge in [0.05, 0.1) is 5.41 Å². The number of nitrogens with zero attached hydrogens (tertiary/aromatic N) is 3. The molecule has 1 spiro atoms. The van der Waals surface area contributed by atoms with E-state index in [1.54, 1.807) is 17.2 Å². The normalized spacial score (nSPS) is 17.9. The molecule has 1 fully saturated rings. The van der Waals surface area contributed by atoms with E-state index in [0.717, 1.165) is 43.7 Å². The lowest BCUT2D eigenvalue weighted by Gasteiger charge is -2.38. The van der Waals surface area contributed by atoms with Gasteiger partial charge in [-0.05, 0) is 67.7 Å². The largest absolute Gasteiger partial charge is 0.396 e. The number of anilines is 1. The topological polar surface area (TPSA) is 85.8 Å². The molecule has 158 valence electrons. The molecule has 0 saturated carbocycles. The molecule has 0 bridgehead atoms. The summed E-state index contributed by atoms with van der Waals surface area (Å²) in [5.41, 5.74) is 3.03. The van der Waals surface area contributed by atoms with Crippen LogP contribution in [0.4, 0.5) is 5.69 Å². The van der Waals surface area contributed by atoms with E-state index in [1.165, 1.54) is 5.56 Å². The van der Waals surface area contributed by atoms with Gasteiger partial charge in [-0.2, -0.15) is 0 Å². The van der Waals surface area contributed by atoms with Gasteiger partial charge in [-0.1, -0.05) is 6.07 Å². The summed E-state index contributed by atoms with van der Waals surface area (Å²) in [6.07, 6.45) is 5.65. The summed E-state index contributed by atoms with van der Waals surface area (Å²) in [5.74, 6) is -0.0474. The van der Waals surface area contributed by atoms with Crippen LogP contribution in [-0.2, 0) is 16.8 Å². The molecule has 4 rings (SSSR count). The van der Waals surface area contributed by atoms with Crippen LogP contribution in [0.3, 0.4) is 0 Å². The number of hydrogen-bond donors (Lipinski definition) is 2. The zero-order chi connectivity index (χ0) is 21.1. The zero-order valence-corrected chi connectivity index (χ0v) is 17.3. The lowest BCUT2D eigenvalue weighted by Crippen LogP contribution is -2.47. The van der Waals surface area contributed by atoms with Crippen molar-refractivity contribution < 1.29 is 14.7 Å². The van der Waals surface area contributed by atoms with Crippen LogP contribution < -0.4 is 10.2 Å². The van der Waals surface area contributed by atoms with Crippen LogP contribution in [0.25, 0.3) is 0 Å². The number of hydrogen-bond acceptors (Lipinski definition) is 5. The fourth-order valence-electron chi connectivity index (χ4n) is 4.61. The summed E-state index contributed by atoms with van der Waals surface area (Å²) in [5, 5.41) is 11.7. The fraction of sp³-hybridized carbons (Fsp3) is 0.435. The number of amides is 2. The fourth-order valence-corrected chi connectivity index (χ4v) is 4.61. The molecule has 7 nitrogen and oxygen atoms in total. The van der Waals surface area contributed by atoms with Crippen LogP contribution >= 0.6 is 0 Å². The van der Waals surface area contributed by atoms with E-state index < -0.39 is 5.41 Å². The number of carbonyl (C=O) groups excluding carboxylic acids is 2. The molecule has 7 heteroatoms. The summed E-state index contributed by atoms with van der Waals surface area (Å²) < 4.78 is 0. The number of piperidine rings is 1. The molecule has 1 aromatic heterocycles. The second-order valence-electron chi connectivity index (χ2n) is 8.15. The molecule has 0 unspecified atom stereocenters. The molecular formula is C23H28N4O3. The maximum absolute atomic E-state index is 13.3. The van der Waals surface area contributed by atoms with E-state index in [0.29, 0.717) is 18.5 Å². The molecule has 2 N–H and O–H groups in total. The molecule has 2 aromatic rings. The Kier molecular flexibility index (Phi) is 5.83. The number of carbonyl (C=O) groups is 2. The molecule has 2 aliphatic heterocycles. The monoisotopic (exact) mass is 408 g/mol. The average Bonchev–Trinajstić information content (AvgIpc) is 2.98. The van der Waals surface area contributed by atoms with Crippen molar-refractivity contribution in [2.45, 2.75) is 31.2 Å². The first-order chi connectivity index (χ1) is 14.5. The Morgan fingerprint density at radius 1 is 1.27 bits per heavy atom. The minimum atomic E-state index is -0.559. The molecule has 0 atom stereocenters. The second kappa shape index (κ2) is 8.53. The van der Waals surface area contributed by atoms with Crippen molar-refractivity contribution in [3.05, 3.63) is 59.4 Å².